The molecule has 1 saturated heterocycles. The Morgan fingerprint density at radius 1 is 0.829 bits per heavy atom. The number of rotatable bonds is 7. The smallest absolute Gasteiger partial charge is 0.261 e. The molecule has 3 aromatic rings. The van der Waals surface area contributed by atoms with Gasteiger partial charge in [0.2, 0.25) is 5.91 Å². The van der Waals surface area contributed by atoms with E-state index in [1.165, 1.54) is 55.5 Å². The lowest BCUT2D eigenvalue weighted by molar-refractivity contribution is -0.119. The van der Waals surface area contributed by atoms with E-state index in [9.17, 15) is 22.8 Å². The van der Waals surface area contributed by atoms with Crippen LogP contribution in [0.4, 0.5) is 11.4 Å². The first-order chi connectivity index (χ1) is 16.7. The van der Waals surface area contributed by atoms with Crippen LogP contribution in [0.1, 0.15) is 40.5 Å². The number of amides is 2. The number of nitrogens with zero attached hydrogens (tertiary/aromatic N) is 1. The number of hydrogen-bond acceptors (Lipinski definition) is 5. The second kappa shape index (κ2) is 10.1. The van der Waals surface area contributed by atoms with E-state index >= 15 is 0 Å². The van der Waals surface area contributed by atoms with Crippen molar-refractivity contribution in [3.8, 4) is 0 Å². The molecule has 35 heavy (non-hydrogen) atoms. The first-order valence-corrected chi connectivity index (χ1v) is 12.6. The molecule has 9 heteroatoms. The zero-order valence-corrected chi connectivity index (χ0v) is 19.9. The first kappa shape index (κ1) is 24.2. The summed E-state index contributed by atoms with van der Waals surface area (Å²) in [7, 11) is -3.86. The largest absolute Gasteiger partial charge is 0.327 e. The Balaban J connectivity index is 1.43. The second-order valence-corrected chi connectivity index (χ2v) is 9.96. The average molecular weight is 492 g/mol. The molecular weight excluding hydrogens is 466 g/mol. The van der Waals surface area contributed by atoms with Crippen LogP contribution in [0.3, 0.4) is 0 Å². The van der Waals surface area contributed by atoms with Gasteiger partial charge in [-0.3, -0.25) is 19.1 Å². The molecule has 2 amide bonds. The van der Waals surface area contributed by atoms with Gasteiger partial charge in [0, 0.05) is 29.0 Å². The number of benzene rings is 3. The lowest BCUT2D eigenvalue weighted by Gasteiger charge is -2.24. The quantitative estimate of drug-likeness (QED) is 0.486. The summed E-state index contributed by atoms with van der Waals surface area (Å²) in [5.41, 5.74) is 1.74. The summed E-state index contributed by atoms with van der Waals surface area (Å²) in [5, 5.41) is 2.85. The van der Waals surface area contributed by atoms with E-state index in [-0.39, 0.29) is 28.2 Å². The van der Waals surface area contributed by atoms with Crippen LogP contribution in [0.5, 0.6) is 0 Å². The highest BCUT2D eigenvalue weighted by Crippen LogP contribution is 2.23. The van der Waals surface area contributed by atoms with E-state index in [1.54, 1.807) is 17.0 Å². The topological polar surface area (TPSA) is 113 Å². The Labute approximate surface area is 204 Å². The Kier molecular flexibility index (Phi) is 6.97. The van der Waals surface area contributed by atoms with Gasteiger partial charge >= 0.3 is 0 Å². The maximum Gasteiger partial charge on any atom is 0.261 e. The number of anilines is 2. The molecule has 0 saturated carbocycles. The van der Waals surface area contributed by atoms with Crippen LogP contribution >= 0.6 is 0 Å². The molecule has 1 aliphatic heterocycles. The highest BCUT2D eigenvalue weighted by molar-refractivity contribution is 7.92. The molecule has 1 unspecified atom stereocenters. The zero-order chi connectivity index (χ0) is 25.0. The number of carbonyl (C=O) groups excluding carboxylic acids is 3. The third-order valence-electron chi connectivity index (χ3n) is 5.81. The third-order valence-corrected chi connectivity index (χ3v) is 7.21. The van der Waals surface area contributed by atoms with Gasteiger partial charge in [-0.2, -0.15) is 0 Å². The number of nitrogens with one attached hydrogen (secondary N) is 2. The van der Waals surface area contributed by atoms with Gasteiger partial charge in [-0.1, -0.05) is 30.3 Å². The molecule has 3 aromatic carbocycles. The lowest BCUT2D eigenvalue weighted by Crippen LogP contribution is -2.43. The molecule has 0 radical (unpaired) electrons. The molecule has 1 heterocycles. The molecule has 0 aromatic heterocycles. The van der Waals surface area contributed by atoms with Gasteiger partial charge in [0.25, 0.3) is 15.9 Å². The van der Waals surface area contributed by atoms with Crippen molar-refractivity contribution in [1.29, 1.82) is 0 Å². The Bertz CT molecular complexity index is 1340. The van der Waals surface area contributed by atoms with Crippen molar-refractivity contribution in [3.63, 3.8) is 0 Å². The minimum atomic E-state index is -3.86. The van der Waals surface area contributed by atoms with Crippen LogP contribution < -0.4 is 10.0 Å². The average Bonchev–Trinajstić information content (AvgIpc) is 3.35. The van der Waals surface area contributed by atoms with Crippen molar-refractivity contribution < 1.29 is 22.8 Å². The van der Waals surface area contributed by atoms with Crippen LogP contribution in [0, 0.1) is 0 Å². The van der Waals surface area contributed by atoms with Crippen molar-refractivity contribution in [2.24, 2.45) is 0 Å². The minimum Gasteiger partial charge on any atom is -0.327 e. The molecule has 1 aliphatic rings. The number of sulfonamides is 1. The predicted molar refractivity (Wildman–Crippen MR) is 133 cm³/mol. The van der Waals surface area contributed by atoms with E-state index in [0.29, 0.717) is 29.8 Å². The Hall–Kier alpha value is -3.98. The van der Waals surface area contributed by atoms with E-state index in [0.717, 1.165) is 6.42 Å². The van der Waals surface area contributed by atoms with Crippen molar-refractivity contribution in [2.45, 2.75) is 30.7 Å². The van der Waals surface area contributed by atoms with Crippen LogP contribution in [0.25, 0.3) is 0 Å². The Morgan fingerprint density at radius 3 is 2.09 bits per heavy atom. The van der Waals surface area contributed by atoms with Gasteiger partial charge in [-0.05, 0) is 68.3 Å². The normalized spacial score (nSPS) is 15.5. The van der Waals surface area contributed by atoms with Gasteiger partial charge in [0.1, 0.15) is 6.04 Å². The Morgan fingerprint density at radius 2 is 1.46 bits per heavy atom. The standard InChI is InChI=1S/C26H25N3O5S/c1-18(30)19-11-15-23(16-12-19)35(33,34)28-22-13-9-20(10-14-22)26(32)29-17-5-8-24(29)25(31)27-21-6-3-2-4-7-21/h2-4,6-7,9-16,24,28H,5,8,17H2,1H3,(H,27,31). The van der Waals surface area contributed by atoms with Gasteiger partial charge < -0.3 is 10.2 Å². The number of likely N-dealkylation sites (tertiary alicyclic amines) is 1. The molecule has 180 valence electrons. The molecule has 2 N–H and O–H groups in total. The monoisotopic (exact) mass is 491 g/mol. The zero-order valence-electron chi connectivity index (χ0n) is 19.1. The van der Waals surface area contributed by atoms with Crippen LogP contribution in [-0.4, -0.2) is 43.5 Å². The summed E-state index contributed by atoms with van der Waals surface area (Å²) in [6, 6.07) is 20.2. The van der Waals surface area contributed by atoms with Gasteiger partial charge in [-0.25, -0.2) is 8.42 Å². The summed E-state index contributed by atoms with van der Waals surface area (Å²) in [6.45, 7) is 1.88. The highest BCUT2D eigenvalue weighted by Gasteiger charge is 2.34. The minimum absolute atomic E-state index is 0.0204. The van der Waals surface area contributed by atoms with Crippen molar-refractivity contribution in [2.75, 3.05) is 16.6 Å². The highest BCUT2D eigenvalue weighted by atomic mass is 32.2. The number of Topliss-reactive ketones (excluding diaryl/α,β-unsaturated/α-hetero) is 1. The number of carbonyl (C=O) groups is 3. The van der Waals surface area contributed by atoms with Crippen LogP contribution in [0.2, 0.25) is 0 Å². The van der Waals surface area contributed by atoms with Crippen LogP contribution in [0.15, 0.2) is 83.8 Å². The summed E-state index contributed by atoms with van der Waals surface area (Å²) < 4.78 is 27.8. The van der Waals surface area contributed by atoms with Crippen molar-refractivity contribution >= 4 is 39.0 Å². The SMILES string of the molecule is CC(=O)c1ccc(S(=O)(=O)Nc2ccc(C(=O)N3CCCC3C(=O)Nc3ccccc3)cc2)cc1. The van der Waals surface area contributed by atoms with E-state index in [4.69, 9.17) is 0 Å². The summed E-state index contributed by atoms with van der Waals surface area (Å²) in [5.74, 6) is -0.674. The predicted octanol–water partition coefficient (Wildman–Crippen LogP) is 3.93. The van der Waals surface area contributed by atoms with Gasteiger partial charge in [-0.15, -0.1) is 0 Å². The molecular formula is C26H25N3O5S. The van der Waals surface area contributed by atoms with E-state index < -0.39 is 16.1 Å². The third kappa shape index (κ3) is 5.58. The number of para-hydroxylation sites is 1. The van der Waals surface area contributed by atoms with Crippen LogP contribution in [-0.2, 0) is 14.8 Å². The van der Waals surface area contributed by atoms with E-state index in [1.807, 2.05) is 18.2 Å². The van der Waals surface area contributed by atoms with E-state index in [2.05, 4.69) is 10.0 Å². The summed E-state index contributed by atoms with van der Waals surface area (Å²) in [6.07, 6.45) is 1.30. The maximum absolute atomic E-state index is 13.1. The van der Waals surface area contributed by atoms with Gasteiger partial charge in [0.15, 0.2) is 5.78 Å². The molecule has 0 spiro atoms. The second-order valence-electron chi connectivity index (χ2n) is 8.28. The van der Waals surface area contributed by atoms with Crippen molar-refractivity contribution in [3.05, 3.63) is 90.0 Å². The molecule has 1 atom stereocenters. The van der Waals surface area contributed by atoms with Gasteiger partial charge in [0.05, 0.1) is 4.90 Å². The van der Waals surface area contributed by atoms with Crippen molar-refractivity contribution in [1.82, 2.24) is 4.90 Å². The maximum atomic E-state index is 13.1. The summed E-state index contributed by atoms with van der Waals surface area (Å²) >= 11 is 0. The lowest BCUT2D eigenvalue weighted by atomic mass is 10.1. The molecule has 4 rings (SSSR count). The fourth-order valence-corrected chi connectivity index (χ4v) is 5.02. The fraction of sp³-hybridized carbons (Fsp3) is 0.192. The summed E-state index contributed by atoms with van der Waals surface area (Å²) in [4.78, 5) is 38.8. The number of hydrogen-bond donors (Lipinski definition) is 2. The fourth-order valence-electron chi connectivity index (χ4n) is 3.96. The first-order valence-electron chi connectivity index (χ1n) is 11.2. The number of ketones is 1. The molecule has 0 bridgehead atoms. The molecule has 0 aliphatic carbocycles. The molecule has 1 fully saturated rings. The molecule has 8 nitrogen and oxygen atoms in total.